The molecule has 0 saturated heterocycles. The molecule has 1 aromatic heterocycles. The van der Waals surface area contributed by atoms with Gasteiger partial charge >= 0.3 is 6.01 Å². The van der Waals surface area contributed by atoms with E-state index in [0.717, 1.165) is 51.4 Å². The average Bonchev–Trinajstić information content (AvgIpc) is 2.64. The molecule has 6 fully saturated rings. The van der Waals surface area contributed by atoms with Gasteiger partial charge in [0.1, 0.15) is 6.10 Å². The molecule has 2 unspecified atom stereocenters. The largest absolute Gasteiger partial charge is 0.460 e. The van der Waals surface area contributed by atoms with Crippen molar-refractivity contribution in [3.63, 3.8) is 0 Å². The molecule has 7 rings (SSSR count). The van der Waals surface area contributed by atoms with Gasteiger partial charge in [0.25, 0.3) is 5.91 Å². The first kappa shape index (κ1) is 19.8. The van der Waals surface area contributed by atoms with Crippen molar-refractivity contribution >= 4 is 5.91 Å². The number of halogens is 2. The summed E-state index contributed by atoms with van der Waals surface area (Å²) in [6, 6.07) is 0.203. The topological polar surface area (TPSA) is 84.3 Å². The zero-order chi connectivity index (χ0) is 21.4. The summed E-state index contributed by atoms with van der Waals surface area (Å²) in [5.41, 5.74) is 0.105. The van der Waals surface area contributed by atoms with E-state index >= 15 is 0 Å². The number of carbonyl (C=O) groups is 1. The number of hydrogen-bond acceptors (Lipinski definition) is 5. The maximum atomic E-state index is 13.6. The zero-order valence-corrected chi connectivity index (χ0v) is 17.5. The number of alkyl halides is 2. The second-order valence-corrected chi connectivity index (χ2v) is 10.8. The third-order valence-corrected chi connectivity index (χ3v) is 8.38. The Kier molecular flexibility index (Phi) is 4.37. The van der Waals surface area contributed by atoms with E-state index in [1.807, 2.05) is 0 Å². The predicted octanol–water partition coefficient (Wildman–Crippen LogP) is 3.59. The number of carbonyl (C=O) groups excluding carboxylic acids is 1. The zero-order valence-electron chi connectivity index (χ0n) is 17.5. The second-order valence-electron chi connectivity index (χ2n) is 10.8. The van der Waals surface area contributed by atoms with E-state index in [9.17, 15) is 18.7 Å². The van der Waals surface area contributed by atoms with E-state index in [-0.39, 0.29) is 54.3 Å². The Morgan fingerprint density at radius 3 is 2.42 bits per heavy atom. The quantitative estimate of drug-likeness (QED) is 0.741. The van der Waals surface area contributed by atoms with Gasteiger partial charge in [0, 0.05) is 31.0 Å². The van der Waals surface area contributed by atoms with E-state index in [1.165, 1.54) is 6.20 Å². The van der Waals surface area contributed by atoms with E-state index in [4.69, 9.17) is 4.74 Å². The standard InChI is InChI=1S/C23H29F2N3O3/c24-23(25)9-15(10-23)19-17(11-26-21(28-19)31-16-2-1-3-16)20(29)27-18-13-4-12-5-14(18)8-22(30,6-12)7-13/h11-16,18,30H,1-10H2,(H,27,29). The van der Waals surface area contributed by atoms with Crippen LogP contribution in [0.1, 0.15) is 86.2 Å². The van der Waals surface area contributed by atoms with Crippen LogP contribution in [0.4, 0.5) is 8.78 Å². The SMILES string of the molecule is O=C(NC1C2CC3CC1CC(O)(C3)C2)c1cnc(OC2CCC2)nc1C1CC(F)(F)C1. The van der Waals surface area contributed by atoms with Crippen molar-refractivity contribution in [2.75, 3.05) is 0 Å². The Balaban J connectivity index is 1.23. The molecule has 31 heavy (non-hydrogen) atoms. The van der Waals surface area contributed by atoms with Gasteiger partial charge in [0.2, 0.25) is 5.92 Å². The van der Waals surface area contributed by atoms with Crippen LogP contribution in [0.15, 0.2) is 6.20 Å². The maximum absolute atomic E-state index is 13.6. The van der Waals surface area contributed by atoms with E-state index in [0.29, 0.717) is 11.6 Å². The molecule has 6 nitrogen and oxygen atoms in total. The fraction of sp³-hybridized carbons (Fsp3) is 0.783. The molecule has 0 radical (unpaired) electrons. The Labute approximate surface area is 180 Å². The van der Waals surface area contributed by atoms with E-state index < -0.39 is 17.4 Å². The lowest BCUT2D eigenvalue weighted by Gasteiger charge is -2.58. The van der Waals surface area contributed by atoms with Crippen LogP contribution >= 0.6 is 0 Å². The van der Waals surface area contributed by atoms with Crippen LogP contribution in [0.2, 0.25) is 0 Å². The summed E-state index contributed by atoms with van der Waals surface area (Å²) in [4.78, 5) is 21.9. The first-order valence-corrected chi connectivity index (χ1v) is 11.7. The highest BCUT2D eigenvalue weighted by molar-refractivity contribution is 5.95. The highest BCUT2D eigenvalue weighted by Crippen LogP contribution is 2.56. The lowest BCUT2D eigenvalue weighted by molar-refractivity contribution is -0.136. The summed E-state index contributed by atoms with van der Waals surface area (Å²) >= 11 is 0. The number of hydrogen-bond donors (Lipinski definition) is 2. The second kappa shape index (κ2) is 6.83. The molecule has 4 bridgehead atoms. The minimum absolute atomic E-state index is 0.0194. The van der Waals surface area contributed by atoms with Crippen LogP contribution < -0.4 is 10.1 Å². The summed E-state index contributed by atoms with van der Waals surface area (Å²) < 4.78 is 32.9. The number of amides is 1. The van der Waals surface area contributed by atoms with Crippen molar-refractivity contribution in [1.29, 1.82) is 0 Å². The van der Waals surface area contributed by atoms with Gasteiger partial charge in [-0.05, 0) is 69.1 Å². The summed E-state index contributed by atoms with van der Waals surface area (Å²) in [7, 11) is 0. The molecular formula is C23H29F2N3O3. The van der Waals surface area contributed by atoms with Crippen LogP contribution in [0, 0.1) is 17.8 Å². The van der Waals surface area contributed by atoms with Crippen molar-refractivity contribution in [2.24, 2.45) is 17.8 Å². The average molecular weight is 433 g/mol. The van der Waals surface area contributed by atoms with Crippen LogP contribution in [0.25, 0.3) is 0 Å². The Morgan fingerprint density at radius 2 is 1.84 bits per heavy atom. The summed E-state index contributed by atoms with van der Waals surface area (Å²) in [6.45, 7) is 0. The fourth-order valence-corrected chi connectivity index (χ4v) is 6.86. The number of aliphatic hydroxyl groups is 1. The van der Waals surface area contributed by atoms with Gasteiger partial charge in [-0.15, -0.1) is 0 Å². The molecule has 2 N–H and O–H groups in total. The number of nitrogens with one attached hydrogen (secondary N) is 1. The molecule has 1 amide bonds. The molecule has 6 saturated carbocycles. The van der Waals surface area contributed by atoms with Crippen LogP contribution in [-0.2, 0) is 0 Å². The van der Waals surface area contributed by atoms with Crippen LogP contribution in [0.3, 0.4) is 0 Å². The molecule has 2 atom stereocenters. The molecular weight excluding hydrogens is 404 g/mol. The monoisotopic (exact) mass is 433 g/mol. The molecule has 0 aliphatic heterocycles. The number of nitrogens with zero attached hydrogens (tertiary/aromatic N) is 2. The normalized spacial score (nSPS) is 38.4. The smallest absolute Gasteiger partial charge is 0.316 e. The molecule has 8 heteroatoms. The number of rotatable bonds is 5. The van der Waals surface area contributed by atoms with Gasteiger partial charge < -0.3 is 15.2 Å². The lowest BCUT2D eigenvalue weighted by Crippen LogP contribution is -2.61. The molecule has 6 aliphatic rings. The molecule has 0 spiro atoms. The Hall–Kier alpha value is -1.83. The maximum Gasteiger partial charge on any atom is 0.316 e. The Morgan fingerprint density at radius 1 is 1.13 bits per heavy atom. The van der Waals surface area contributed by atoms with E-state index in [1.54, 1.807) is 0 Å². The van der Waals surface area contributed by atoms with Gasteiger partial charge in [-0.2, -0.15) is 4.98 Å². The van der Waals surface area contributed by atoms with Gasteiger partial charge in [0.15, 0.2) is 0 Å². The molecule has 0 aromatic carbocycles. The fourth-order valence-electron chi connectivity index (χ4n) is 6.86. The molecule has 1 heterocycles. The molecule has 1 aromatic rings. The lowest BCUT2D eigenvalue weighted by atomic mass is 9.52. The van der Waals surface area contributed by atoms with Crippen molar-refractivity contribution in [2.45, 2.75) is 93.8 Å². The van der Waals surface area contributed by atoms with Gasteiger partial charge in [-0.25, -0.2) is 13.8 Å². The highest BCUT2D eigenvalue weighted by atomic mass is 19.3. The highest BCUT2D eigenvalue weighted by Gasteiger charge is 2.55. The van der Waals surface area contributed by atoms with Gasteiger partial charge in [0.05, 0.1) is 16.9 Å². The van der Waals surface area contributed by atoms with Crippen LogP contribution in [-0.4, -0.2) is 44.7 Å². The summed E-state index contributed by atoms with van der Waals surface area (Å²) in [5, 5.41) is 14.0. The Bertz CT molecular complexity index is 882. The van der Waals surface area contributed by atoms with Gasteiger partial charge in [-0.1, -0.05) is 0 Å². The predicted molar refractivity (Wildman–Crippen MR) is 107 cm³/mol. The minimum Gasteiger partial charge on any atom is -0.460 e. The third kappa shape index (κ3) is 3.51. The van der Waals surface area contributed by atoms with Crippen molar-refractivity contribution in [3.05, 3.63) is 17.5 Å². The van der Waals surface area contributed by atoms with Crippen LogP contribution in [0.5, 0.6) is 6.01 Å². The first-order valence-electron chi connectivity index (χ1n) is 11.7. The third-order valence-electron chi connectivity index (χ3n) is 8.38. The molecule has 6 aliphatic carbocycles. The molecule has 168 valence electrons. The number of aromatic nitrogens is 2. The first-order chi connectivity index (χ1) is 14.8. The van der Waals surface area contributed by atoms with Gasteiger partial charge in [-0.3, -0.25) is 4.79 Å². The van der Waals surface area contributed by atoms with Crippen molar-refractivity contribution < 1.29 is 23.4 Å². The summed E-state index contributed by atoms with van der Waals surface area (Å²) in [6.07, 6.45) is 8.36. The van der Waals surface area contributed by atoms with Crippen molar-refractivity contribution in [3.8, 4) is 6.01 Å². The van der Waals surface area contributed by atoms with E-state index in [2.05, 4.69) is 15.3 Å². The summed E-state index contributed by atoms with van der Waals surface area (Å²) in [5.74, 6) is -2.34. The number of ether oxygens (including phenoxy) is 1. The van der Waals surface area contributed by atoms with Crippen molar-refractivity contribution in [1.82, 2.24) is 15.3 Å². The minimum atomic E-state index is -2.70.